The quantitative estimate of drug-likeness (QED) is 0.720. The Hall–Kier alpha value is -1.47. The van der Waals surface area contributed by atoms with Crippen LogP contribution in [0.1, 0.15) is 37.8 Å². The summed E-state index contributed by atoms with van der Waals surface area (Å²) in [6, 6.07) is 8.98. The molecule has 2 aliphatic heterocycles. The van der Waals surface area contributed by atoms with Gasteiger partial charge in [-0.2, -0.15) is 0 Å². The molecule has 162 valence electrons. The molecule has 1 aromatic rings. The molecule has 1 atom stereocenters. The van der Waals surface area contributed by atoms with Crippen LogP contribution in [0.3, 0.4) is 0 Å². The van der Waals surface area contributed by atoms with Gasteiger partial charge in [-0.3, -0.25) is 14.6 Å². The average molecular weight is 403 g/mol. The summed E-state index contributed by atoms with van der Waals surface area (Å²) in [5.74, 6) is 0.114. The highest BCUT2D eigenvalue weighted by molar-refractivity contribution is 5.78. The number of hydrogen-bond donors (Lipinski definition) is 1. The van der Waals surface area contributed by atoms with E-state index in [4.69, 9.17) is 4.74 Å². The third-order valence-corrected chi connectivity index (χ3v) is 5.99. The predicted octanol–water partition coefficient (Wildman–Crippen LogP) is 1.94. The molecule has 6 nitrogen and oxygen atoms in total. The Morgan fingerprint density at radius 3 is 2.45 bits per heavy atom. The van der Waals surface area contributed by atoms with E-state index < -0.39 is 0 Å². The molecule has 1 unspecified atom stereocenters. The predicted molar refractivity (Wildman–Crippen MR) is 117 cm³/mol. The molecule has 0 aliphatic carbocycles. The molecule has 1 aromatic carbocycles. The standard InChI is InChI=1S/C23H38N4O2/c1-19(2)29-18-21-8-6-20(7-9-21)15-24-23(28)17-26-11-13-27(14-12-26)22-5-4-10-25(3)16-22/h6-9,19,22H,4-5,10-18H2,1-3H3,(H,24,28). The number of hydrogen-bond acceptors (Lipinski definition) is 5. The summed E-state index contributed by atoms with van der Waals surface area (Å²) >= 11 is 0. The van der Waals surface area contributed by atoms with Gasteiger partial charge in [0.25, 0.3) is 0 Å². The minimum Gasteiger partial charge on any atom is -0.374 e. The lowest BCUT2D eigenvalue weighted by atomic mass is 10.0. The van der Waals surface area contributed by atoms with Crippen LogP contribution in [0.2, 0.25) is 0 Å². The average Bonchev–Trinajstić information content (AvgIpc) is 2.72. The van der Waals surface area contributed by atoms with E-state index in [1.807, 2.05) is 13.8 Å². The van der Waals surface area contributed by atoms with Crippen LogP contribution in [0, 0.1) is 0 Å². The van der Waals surface area contributed by atoms with E-state index in [1.165, 1.54) is 25.9 Å². The van der Waals surface area contributed by atoms with Crippen LogP contribution in [0.5, 0.6) is 0 Å². The third kappa shape index (κ3) is 7.37. The fourth-order valence-electron chi connectivity index (χ4n) is 4.20. The van der Waals surface area contributed by atoms with Gasteiger partial charge in [-0.25, -0.2) is 0 Å². The lowest BCUT2D eigenvalue weighted by molar-refractivity contribution is -0.123. The molecule has 2 saturated heterocycles. The van der Waals surface area contributed by atoms with Crippen LogP contribution in [0.25, 0.3) is 0 Å². The highest BCUT2D eigenvalue weighted by Crippen LogP contribution is 2.16. The summed E-state index contributed by atoms with van der Waals surface area (Å²) in [5.41, 5.74) is 2.29. The number of ether oxygens (including phenoxy) is 1. The van der Waals surface area contributed by atoms with Gasteiger partial charge in [0.05, 0.1) is 19.3 Å². The summed E-state index contributed by atoms with van der Waals surface area (Å²) < 4.78 is 5.62. The molecule has 0 spiro atoms. The SMILES string of the molecule is CC(C)OCc1ccc(CNC(=O)CN2CCN(C3CCCN(C)C3)CC2)cc1. The van der Waals surface area contributed by atoms with Gasteiger partial charge in [0, 0.05) is 45.3 Å². The number of likely N-dealkylation sites (N-methyl/N-ethyl adjacent to an activating group) is 1. The van der Waals surface area contributed by atoms with Crippen molar-refractivity contribution in [3.63, 3.8) is 0 Å². The summed E-state index contributed by atoms with van der Waals surface area (Å²) in [6.07, 6.45) is 2.85. The maximum atomic E-state index is 12.4. The third-order valence-electron chi connectivity index (χ3n) is 5.99. The number of amides is 1. The number of nitrogens with zero attached hydrogens (tertiary/aromatic N) is 3. The summed E-state index contributed by atoms with van der Waals surface area (Å²) in [7, 11) is 2.22. The largest absolute Gasteiger partial charge is 0.374 e. The molecular formula is C23H38N4O2. The van der Waals surface area contributed by atoms with Crippen molar-refractivity contribution in [3.05, 3.63) is 35.4 Å². The maximum absolute atomic E-state index is 12.4. The number of nitrogens with one attached hydrogen (secondary N) is 1. The monoisotopic (exact) mass is 402 g/mol. The highest BCUT2D eigenvalue weighted by atomic mass is 16.5. The van der Waals surface area contributed by atoms with E-state index in [1.54, 1.807) is 0 Å². The molecule has 0 bridgehead atoms. The van der Waals surface area contributed by atoms with E-state index in [9.17, 15) is 4.79 Å². The molecule has 0 aromatic heterocycles. The van der Waals surface area contributed by atoms with Crippen molar-refractivity contribution in [2.45, 2.75) is 52.0 Å². The zero-order valence-corrected chi connectivity index (χ0v) is 18.4. The molecule has 0 radical (unpaired) electrons. The summed E-state index contributed by atoms with van der Waals surface area (Å²) in [6.45, 7) is 12.3. The fourth-order valence-corrected chi connectivity index (χ4v) is 4.20. The van der Waals surface area contributed by atoms with Crippen molar-refractivity contribution in [3.8, 4) is 0 Å². The minimum atomic E-state index is 0.114. The van der Waals surface area contributed by atoms with Crippen molar-refractivity contribution in [2.75, 3.05) is 52.9 Å². The first-order valence-electron chi connectivity index (χ1n) is 11.1. The van der Waals surface area contributed by atoms with Gasteiger partial charge in [-0.15, -0.1) is 0 Å². The zero-order chi connectivity index (χ0) is 20.6. The van der Waals surface area contributed by atoms with Gasteiger partial charge in [-0.05, 0) is 51.4 Å². The Labute approximate surface area is 176 Å². The second-order valence-corrected chi connectivity index (χ2v) is 8.82. The van der Waals surface area contributed by atoms with Crippen LogP contribution >= 0.6 is 0 Å². The van der Waals surface area contributed by atoms with Gasteiger partial charge in [0.15, 0.2) is 0 Å². The van der Waals surface area contributed by atoms with Crippen molar-refractivity contribution in [2.24, 2.45) is 0 Å². The Balaban J connectivity index is 1.34. The van der Waals surface area contributed by atoms with Gasteiger partial charge >= 0.3 is 0 Å². The lowest BCUT2D eigenvalue weighted by Crippen LogP contribution is -2.55. The Bertz CT molecular complexity index is 626. The molecule has 29 heavy (non-hydrogen) atoms. The van der Waals surface area contributed by atoms with Crippen molar-refractivity contribution < 1.29 is 9.53 Å². The highest BCUT2D eigenvalue weighted by Gasteiger charge is 2.27. The normalized spacial score (nSPS) is 22.1. The molecule has 1 N–H and O–H groups in total. The number of piperazine rings is 1. The maximum Gasteiger partial charge on any atom is 0.234 e. The molecule has 2 heterocycles. The van der Waals surface area contributed by atoms with E-state index in [-0.39, 0.29) is 12.0 Å². The van der Waals surface area contributed by atoms with Crippen LogP contribution in [-0.2, 0) is 22.7 Å². The Morgan fingerprint density at radius 2 is 1.79 bits per heavy atom. The van der Waals surface area contributed by atoms with Gasteiger partial charge in [0.2, 0.25) is 5.91 Å². The number of rotatable bonds is 8. The van der Waals surface area contributed by atoms with E-state index >= 15 is 0 Å². The Kier molecular flexibility index (Phi) is 8.48. The number of benzene rings is 1. The fraction of sp³-hybridized carbons (Fsp3) is 0.696. The number of piperidine rings is 1. The summed E-state index contributed by atoms with van der Waals surface area (Å²) in [5, 5.41) is 3.06. The van der Waals surface area contributed by atoms with Gasteiger partial charge < -0.3 is 15.0 Å². The van der Waals surface area contributed by atoms with Crippen molar-refractivity contribution in [1.29, 1.82) is 0 Å². The topological polar surface area (TPSA) is 48.1 Å². The van der Waals surface area contributed by atoms with Crippen LogP contribution in [0.4, 0.5) is 0 Å². The van der Waals surface area contributed by atoms with Crippen LogP contribution in [0.15, 0.2) is 24.3 Å². The molecule has 2 fully saturated rings. The van der Waals surface area contributed by atoms with Gasteiger partial charge in [0.1, 0.15) is 0 Å². The molecule has 1 amide bonds. The van der Waals surface area contributed by atoms with Gasteiger partial charge in [-0.1, -0.05) is 24.3 Å². The van der Waals surface area contributed by atoms with E-state index in [0.29, 0.717) is 25.7 Å². The van der Waals surface area contributed by atoms with E-state index in [0.717, 1.165) is 37.3 Å². The number of likely N-dealkylation sites (tertiary alicyclic amines) is 1. The van der Waals surface area contributed by atoms with E-state index in [2.05, 4.69) is 51.3 Å². The number of carbonyl (C=O) groups excluding carboxylic acids is 1. The summed E-state index contributed by atoms with van der Waals surface area (Å²) in [4.78, 5) is 19.7. The lowest BCUT2D eigenvalue weighted by Gasteiger charge is -2.42. The second-order valence-electron chi connectivity index (χ2n) is 8.82. The smallest absolute Gasteiger partial charge is 0.234 e. The first-order chi connectivity index (χ1) is 14.0. The first kappa shape index (κ1) is 22.2. The molecule has 3 rings (SSSR count). The molecule has 2 aliphatic rings. The first-order valence-corrected chi connectivity index (χ1v) is 11.1. The Morgan fingerprint density at radius 1 is 1.10 bits per heavy atom. The second kappa shape index (κ2) is 11.1. The van der Waals surface area contributed by atoms with Crippen LogP contribution in [-0.4, -0.2) is 85.6 Å². The minimum absolute atomic E-state index is 0.114. The number of carbonyl (C=O) groups is 1. The van der Waals surface area contributed by atoms with Crippen LogP contribution < -0.4 is 5.32 Å². The molecular weight excluding hydrogens is 364 g/mol. The van der Waals surface area contributed by atoms with Crippen molar-refractivity contribution in [1.82, 2.24) is 20.0 Å². The van der Waals surface area contributed by atoms with Crippen molar-refractivity contribution >= 4 is 5.91 Å². The zero-order valence-electron chi connectivity index (χ0n) is 18.4. The molecule has 6 heteroatoms. The molecule has 0 saturated carbocycles.